The number of benzene rings is 1. The lowest BCUT2D eigenvalue weighted by Gasteiger charge is -2.40. The van der Waals surface area contributed by atoms with E-state index in [1.165, 1.54) is 0 Å². The summed E-state index contributed by atoms with van der Waals surface area (Å²) < 4.78 is 1.88. The minimum Gasteiger partial charge on any atom is -0.365 e. The topological polar surface area (TPSA) is 62.1 Å². The first-order chi connectivity index (χ1) is 14.3. The number of nitrogens with zero attached hydrogens (tertiary/aromatic N) is 6. The summed E-state index contributed by atoms with van der Waals surface area (Å²) in [4.78, 5) is 13.9. The Hall–Kier alpha value is -2.09. The highest BCUT2D eigenvalue weighted by Gasteiger charge is 2.42. The van der Waals surface area contributed by atoms with Gasteiger partial charge in [0.05, 0.1) is 33.6 Å². The van der Waals surface area contributed by atoms with Gasteiger partial charge in [0.25, 0.3) is 0 Å². The molecule has 2 aliphatic rings. The molecule has 2 aromatic heterocycles. The van der Waals surface area contributed by atoms with E-state index in [4.69, 9.17) is 28.2 Å². The van der Waals surface area contributed by atoms with Gasteiger partial charge in [0.2, 0.25) is 5.95 Å². The van der Waals surface area contributed by atoms with E-state index < -0.39 is 0 Å². The molecule has 9 heteroatoms. The molecule has 0 radical (unpaired) electrons. The molecule has 5 rings (SSSR count). The van der Waals surface area contributed by atoms with Crippen LogP contribution in [0.2, 0.25) is 10.2 Å². The molecule has 0 spiro atoms. The molecule has 1 aliphatic carbocycles. The van der Waals surface area contributed by atoms with Crippen LogP contribution in [0.4, 0.5) is 17.3 Å². The molecule has 0 amide bonds. The highest BCUT2D eigenvalue weighted by molar-refractivity contribution is 6.34. The second kappa shape index (κ2) is 7.25. The molecule has 7 nitrogen and oxygen atoms in total. The fourth-order valence-corrected chi connectivity index (χ4v) is 4.75. The lowest BCUT2D eigenvalue weighted by atomic mass is 10.1. The number of nitrogens with one attached hydrogen (secondary N) is 1. The van der Waals surface area contributed by atoms with E-state index in [1.54, 1.807) is 12.4 Å². The molecular weight excluding hydrogens is 421 g/mol. The Morgan fingerprint density at radius 1 is 1.17 bits per heavy atom. The van der Waals surface area contributed by atoms with E-state index in [0.717, 1.165) is 54.1 Å². The molecule has 158 valence electrons. The number of aromatic nitrogens is 4. The number of halogens is 2. The van der Waals surface area contributed by atoms with Crippen molar-refractivity contribution in [2.24, 2.45) is 0 Å². The van der Waals surface area contributed by atoms with Gasteiger partial charge in [0, 0.05) is 37.3 Å². The van der Waals surface area contributed by atoms with Gasteiger partial charge in [-0.05, 0) is 45.9 Å². The summed E-state index contributed by atoms with van der Waals surface area (Å²) in [6.45, 7) is 7.34. The van der Waals surface area contributed by atoms with Gasteiger partial charge in [0.15, 0.2) is 5.15 Å². The molecule has 1 saturated heterocycles. The predicted octanol–water partition coefficient (Wildman–Crippen LogP) is 4.53. The van der Waals surface area contributed by atoms with Gasteiger partial charge >= 0.3 is 0 Å². The van der Waals surface area contributed by atoms with Crippen molar-refractivity contribution in [3.8, 4) is 0 Å². The Balaban J connectivity index is 1.45. The first-order valence-electron chi connectivity index (χ1n) is 10.3. The van der Waals surface area contributed by atoms with Crippen molar-refractivity contribution in [1.82, 2.24) is 24.6 Å². The van der Waals surface area contributed by atoms with E-state index in [0.29, 0.717) is 22.8 Å². The molecule has 1 aromatic carbocycles. The highest BCUT2D eigenvalue weighted by Crippen LogP contribution is 2.45. The third-order valence-corrected chi connectivity index (χ3v) is 6.90. The molecule has 3 heterocycles. The molecule has 30 heavy (non-hydrogen) atoms. The van der Waals surface area contributed by atoms with Crippen LogP contribution in [0.15, 0.2) is 24.5 Å². The average Bonchev–Trinajstić information content (AvgIpc) is 3.34. The molecule has 1 N–H and O–H groups in total. The van der Waals surface area contributed by atoms with Gasteiger partial charge in [-0.3, -0.25) is 0 Å². The molecule has 0 bridgehead atoms. The summed E-state index contributed by atoms with van der Waals surface area (Å²) in [5, 5.41) is 9.89. The summed E-state index contributed by atoms with van der Waals surface area (Å²) in [5.41, 5.74) is 2.61. The van der Waals surface area contributed by atoms with Gasteiger partial charge in [-0.25, -0.2) is 14.6 Å². The largest absolute Gasteiger partial charge is 0.365 e. The van der Waals surface area contributed by atoms with Crippen molar-refractivity contribution in [2.45, 2.75) is 38.3 Å². The maximum atomic E-state index is 6.63. The van der Waals surface area contributed by atoms with Crippen molar-refractivity contribution in [3.05, 3.63) is 34.7 Å². The minimum absolute atomic E-state index is 0.0338. The summed E-state index contributed by atoms with van der Waals surface area (Å²) in [6.07, 6.45) is 5.70. The quantitative estimate of drug-likeness (QED) is 0.636. The van der Waals surface area contributed by atoms with Crippen LogP contribution in [-0.4, -0.2) is 57.4 Å². The zero-order valence-electron chi connectivity index (χ0n) is 17.4. The molecule has 3 aromatic rings. The van der Waals surface area contributed by atoms with Crippen molar-refractivity contribution in [1.29, 1.82) is 0 Å². The van der Waals surface area contributed by atoms with Crippen LogP contribution in [0.3, 0.4) is 0 Å². The molecular formula is C21H25Cl2N7. The second-order valence-corrected chi connectivity index (χ2v) is 9.51. The normalized spacial score (nSPS) is 21.2. The average molecular weight is 446 g/mol. The number of hydrogen-bond donors (Lipinski definition) is 1. The SMILES string of the molecule is C[C@H]1CN(C)CCN1c1cc2nc(Nc3cnn(C4(C)CC4)c3Cl)ncc2cc1Cl. The first-order valence-corrected chi connectivity index (χ1v) is 11.0. The van der Waals surface area contributed by atoms with E-state index in [2.05, 4.69) is 52.2 Å². The van der Waals surface area contributed by atoms with Crippen LogP contribution >= 0.6 is 23.2 Å². The van der Waals surface area contributed by atoms with Crippen molar-refractivity contribution >= 4 is 51.4 Å². The van der Waals surface area contributed by atoms with Crippen LogP contribution < -0.4 is 10.2 Å². The highest BCUT2D eigenvalue weighted by atomic mass is 35.5. The van der Waals surface area contributed by atoms with Crippen molar-refractivity contribution in [2.75, 3.05) is 36.9 Å². The maximum Gasteiger partial charge on any atom is 0.227 e. The first kappa shape index (κ1) is 19.8. The zero-order chi connectivity index (χ0) is 21.0. The molecule has 1 atom stereocenters. The second-order valence-electron chi connectivity index (χ2n) is 8.74. The van der Waals surface area contributed by atoms with E-state index in [-0.39, 0.29) is 5.54 Å². The van der Waals surface area contributed by atoms with Gasteiger partial charge in [-0.2, -0.15) is 5.10 Å². The zero-order valence-corrected chi connectivity index (χ0v) is 18.9. The van der Waals surface area contributed by atoms with Crippen molar-refractivity contribution in [3.63, 3.8) is 0 Å². The summed E-state index contributed by atoms with van der Waals surface area (Å²) in [6, 6.07) is 4.38. The van der Waals surface area contributed by atoms with Gasteiger partial charge in [0.1, 0.15) is 0 Å². The van der Waals surface area contributed by atoms with Crippen LogP contribution in [0.5, 0.6) is 0 Å². The number of rotatable bonds is 4. The number of anilines is 3. The fourth-order valence-electron chi connectivity index (χ4n) is 4.12. The number of hydrogen-bond acceptors (Lipinski definition) is 6. The Morgan fingerprint density at radius 2 is 1.97 bits per heavy atom. The lowest BCUT2D eigenvalue weighted by molar-refractivity contribution is 0.275. The smallest absolute Gasteiger partial charge is 0.227 e. The summed E-state index contributed by atoms with van der Waals surface area (Å²) in [5.74, 6) is 0.490. The van der Waals surface area contributed by atoms with E-state index >= 15 is 0 Å². The standard InChI is InChI=1S/C21H25Cl2N7/c1-13-12-28(3)6-7-29(13)18-9-16-14(8-15(18)22)10-24-20(26-16)27-17-11-25-30(19(17)23)21(2)4-5-21/h8-11,13H,4-7,12H2,1-3H3,(H,24,26,27)/t13-/m0/s1. The Morgan fingerprint density at radius 3 is 2.70 bits per heavy atom. The van der Waals surface area contributed by atoms with Crippen LogP contribution in [0.1, 0.15) is 26.7 Å². The Kier molecular flexibility index (Phi) is 4.80. The van der Waals surface area contributed by atoms with Gasteiger partial charge < -0.3 is 15.1 Å². The molecule has 1 aliphatic heterocycles. The summed E-state index contributed by atoms with van der Waals surface area (Å²) >= 11 is 13.2. The van der Waals surface area contributed by atoms with E-state index in [9.17, 15) is 0 Å². The summed E-state index contributed by atoms with van der Waals surface area (Å²) in [7, 11) is 2.15. The van der Waals surface area contributed by atoms with Crippen LogP contribution in [-0.2, 0) is 5.54 Å². The third kappa shape index (κ3) is 3.49. The minimum atomic E-state index is 0.0338. The van der Waals surface area contributed by atoms with Crippen molar-refractivity contribution < 1.29 is 0 Å². The molecule has 2 fully saturated rings. The maximum absolute atomic E-state index is 6.63. The van der Waals surface area contributed by atoms with Gasteiger partial charge in [-0.15, -0.1) is 0 Å². The van der Waals surface area contributed by atoms with Gasteiger partial charge in [-0.1, -0.05) is 23.2 Å². The number of likely N-dealkylation sites (N-methyl/N-ethyl adjacent to an activating group) is 1. The third-order valence-electron chi connectivity index (χ3n) is 6.23. The monoisotopic (exact) mass is 445 g/mol. The lowest BCUT2D eigenvalue weighted by Crippen LogP contribution is -2.50. The Bertz CT molecular complexity index is 1110. The van der Waals surface area contributed by atoms with Crippen LogP contribution in [0.25, 0.3) is 10.9 Å². The van der Waals surface area contributed by atoms with Crippen LogP contribution in [0, 0.1) is 0 Å². The Labute approximate surface area is 186 Å². The fraction of sp³-hybridized carbons (Fsp3) is 0.476. The number of piperazine rings is 1. The molecule has 0 unspecified atom stereocenters. The predicted molar refractivity (Wildman–Crippen MR) is 122 cm³/mol. The number of fused-ring (bicyclic) bond motifs is 1. The van der Waals surface area contributed by atoms with E-state index in [1.807, 2.05) is 10.7 Å². The molecule has 1 saturated carbocycles.